The van der Waals surface area contributed by atoms with Crippen molar-refractivity contribution in [3.05, 3.63) is 35.9 Å². The Morgan fingerprint density at radius 3 is 2.56 bits per heavy atom. The monoisotopic (exact) mass is 471 g/mol. The van der Waals surface area contributed by atoms with Gasteiger partial charge in [-0.3, -0.25) is 14.4 Å². The lowest BCUT2D eigenvalue weighted by Crippen LogP contribution is -2.56. The van der Waals surface area contributed by atoms with E-state index in [1.54, 1.807) is 4.90 Å². The molecule has 1 spiro atoms. The molecule has 3 amide bonds. The van der Waals surface area contributed by atoms with Crippen molar-refractivity contribution in [2.45, 2.75) is 82.7 Å². The summed E-state index contributed by atoms with van der Waals surface area (Å²) in [6.07, 6.45) is 2.95. The van der Waals surface area contributed by atoms with Crippen molar-refractivity contribution in [2.24, 2.45) is 11.8 Å². The zero-order valence-corrected chi connectivity index (χ0v) is 20.4. The summed E-state index contributed by atoms with van der Waals surface area (Å²) in [5, 5.41) is 15.2. The number of hydrogen-bond acceptors (Lipinski definition) is 5. The highest BCUT2D eigenvalue weighted by Crippen LogP contribution is 2.64. The van der Waals surface area contributed by atoms with Gasteiger partial charge >= 0.3 is 0 Å². The highest BCUT2D eigenvalue weighted by molar-refractivity contribution is 5.99. The molecular weight excluding hydrogens is 434 g/mol. The van der Waals surface area contributed by atoms with Gasteiger partial charge < -0.3 is 25.4 Å². The molecule has 0 aromatic heterocycles. The number of aliphatic hydroxyl groups is 1. The van der Waals surface area contributed by atoms with Crippen molar-refractivity contribution in [1.29, 1.82) is 0 Å². The molecule has 34 heavy (non-hydrogen) atoms. The van der Waals surface area contributed by atoms with Gasteiger partial charge in [-0.15, -0.1) is 0 Å². The van der Waals surface area contributed by atoms with E-state index < -0.39 is 29.1 Å². The van der Waals surface area contributed by atoms with Crippen LogP contribution >= 0.6 is 0 Å². The molecule has 8 nitrogen and oxygen atoms in total. The number of carbonyl (C=O) groups excluding carboxylic acids is 3. The average Bonchev–Trinajstić information content (AvgIpc) is 3.42. The van der Waals surface area contributed by atoms with E-state index in [1.807, 2.05) is 51.1 Å². The molecule has 4 rings (SSSR count). The standard InChI is InChI=1S/C26H37N3O5/c1-4-25-12-13-26(34-25)20(19(25)22(31)27-16-18-10-6-5-7-11-18)24(33)29(14-8-9-15-30)21(26)23(32)28-17(2)3/h5-7,10-11,17,19-21,30H,4,8-9,12-16H2,1-3H3,(H,27,31)(H,28,32)/t19-,20-,21?,25+,26?/m0/s1. The number of benzene rings is 1. The van der Waals surface area contributed by atoms with Gasteiger partial charge in [-0.2, -0.15) is 0 Å². The Kier molecular flexibility index (Phi) is 7.01. The van der Waals surface area contributed by atoms with Crippen molar-refractivity contribution in [3.8, 4) is 0 Å². The second-order valence-electron chi connectivity index (χ2n) is 10.2. The van der Waals surface area contributed by atoms with Gasteiger partial charge in [0.2, 0.25) is 17.7 Å². The highest BCUT2D eigenvalue weighted by Gasteiger charge is 2.78. The largest absolute Gasteiger partial charge is 0.396 e. The predicted octanol–water partition coefficient (Wildman–Crippen LogP) is 1.75. The SMILES string of the molecule is CC[C@]12CCC3(O1)C(C(=O)NC(C)C)N(CCCCO)C(=O)[C@@H]3[C@H]2C(=O)NCc1ccccc1. The summed E-state index contributed by atoms with van der Waals surface area (Å²) >= 11 is 0. The van der Waals surface area contributed by atoms with Crippen LogP contribution in [-0.4, -0.2) is 64.2 Å². The summed E-state index contributed by atoms with van der Waals surface area (Å²) in [6, 6.07) is 8.82. The van der Waals surface area contributed by atoms with Crippen LogP contribution in [-0.2, 0) is 25.7 Å². The molecule has 3 saturated heterocycles. The van der Waals surface area contributed by atoms with Crippen molar-refractivity contribution in [1.82, 2.24) is 15.5 Å². The van der Waals surface area contributed by atoms with Crippen LogP contribution in [0.4, 0.5) is 0 Å². The van der Waals surface area contributed by atoms with E-state index in [-0.39, 0.29) is 30.4 Å². The van der Waals surface area contributed by atoms with Crippen LogP contribution in [0.2, 0.25) is 0 Å². The molecule has 186 valence electrons. The Balaban J connectivity index is 1.65. The van der Waals surface area contributed by atoms with Crippen LogP contribution in [0.25, 0.3) is 0 Å². The van der Waals surface area contributed by atoms with Crippen LogP contribution in [0.5, 0.6) is 0 Å². The van der Waals surface area contributed by atoms with E-state index in [0.717, 1.165) is 5.56 Å². The van der Waals surface area contributed by atoms with Gasteiger partial charge in [0.05, 0.1) is 17.4 Å². The van der Waals surface area contributed by atoms with Gasteiger partial charge in [-0.1, -0.05) is 37.3 Å². The van der Waals surface area contributed by atoms with Gasteiger partial charge in [-0.25, -0.2) is 0 Å². The van der Waals surface area contributed by atoms with Crippen LogP contribution < -0.4 is 10.6 Å². The van der Waals surface area contributed by atoms with Gasteiger partial charge in [0.25, 0.3) is 0 Å². The number of aliphatic hydroxyl groups excluding tert-OH is 1. The second-order valence-corrected chi connectivity index (χ2v) is 10.2. The minimum Gasteiger partial charge on any atom is -0.396 e. The first-order chi connectivity index (χ1) is 16.3. The number of unbranched alkanes of at least 4 members (excludes halogenated alkanes) is 1. The Hall–Kier alpha value is -2.45. The molecule has 0 saturated carbocycles. The fourth-order valence-corrected chi connectivity index (χ4v) is 6.31. The zero-order chi connectivity index (χ0) is 24.5. The van der Waals surface area contributed by atoms with E-state index in [1.165, 1.54) is 0 Å². The smallest absolute Gasteiger partial charge is 0.246 e. The lowest BCUT2D eigenvalue weighted by Gasteiger charge is -2.34. The van der Waals surface area contributed by atoms with Crippen molar-refractivity contribution in [2.75, 3.05) is 13.2 Å². The number of hydrogen-bond donors (Lipinski definition) is 3. The molecule has 0 radical (unpaired) electrons. The molecule has 0 aliphatic carbocycles. The van der Waals surface area contributed by atoms with E-state index in [0.29, 0.717) is 45.2 Å². The third-order valence-corrected chi connectivity index (χ3v) is 7.76. The number of carbonyl (C=O) groups is 3. The Bertz CT molecular complexity index is 922. The number of likely N-dealkylation sites (tertiary alicyclic amines) is 1. The van der Waals surface area contributed by atoms with Crippen molar-refractivity contribution >= 4 is 17.7 Å². The first kappa shape index (κ1) is 24.7. The third-order valence-electron chi connectivity index (χ3n) is 7.76. The molecule has 2 unspecified atom stereocenters. The quantitative estimate of drug-likeness (QED) is 0.451. The van der Waals surface area contributed by atoms with Crippen molar-refractivity contribution in [3.63, 3.8) is 0 Å². The number of fused-ring (bicyclic) bond motifs is 1. The first-order valence-corrected chi connectivity index (χ1v) is 12.5. The molecule has 3 N–H and O–H groups in total. The number of nitrogens with one attached hydrogen (secondary N) is 2. The maximum atomic E-state index is 13.8. The molecule has 3 heterocycles. The molecule has 2 bridgehead atoms. The predicted molar refractivity (Wildman–Crippen MR) is 126 cm³/mol. The summed E-state index contributed by atoms with van der Waals surface area (Å²) in [6.45, 7) is 6.53. The third kappa shape index (κ3) is 4.01. The number of rotatable bonds is 10. The van der Waals surface area contributed by atoms with E-state index >= 15 is 0 Å². The summed E-state index contributed by atoms with van der Waals surface area (Å²) in [5.74, 6) is -1.93. The lowest BCUT2D eigenvalue weighted by molar-refractivity contribution is -0.148. The molecule has 8 heteroatoms. The summed E-state index contributed by atoms with van der Waals surface area (Å²) in [7, 11) is 0. The van der Waals surface area contributed by atoms with Crippen LogP contribution in [0.3, 0.4) is 0 Å². The summed E-state index contributed by atoms with van der Waals surface area (Å²) < 4.78 is 6.70. The molecule has 3 aliphatic heterocycles. The fourth-order valence-electron chi connectivity index (χ4n) is 6.31. The number of amides is 3. The summed E-state index contributed by atoms with van der Waals surface area (Å²) in [5.41, 5.74) is -0.757. The van der Waals surface area contributed by atoms with Gasteiger partial charge in [0.15, 0.2) is 0 Å². The van der Waals surface area contributed by atoms with Gasteiger partial charge in [0, 0.05) is 25.7 Å². The Labute approximate surface area is 201 Å². The normalized spacial score (nSPS) is 31.7. The second kappa shape index (κ2) is 9.66. The van der Waals surface area contributed by atoms with E-state index in [9.17, 15) is 19.5 Å². The molecule has 1 aromatic rings. The van der Waals surface area contributed by atoms with Crippen LogP contribution in [0.15, 0.2) is 30.3 Å². The topological polar surface area (TPSA) is 108 Å². The van der Waals surface area contributed by atoms with Gasteiger partial charge in [-0.05, 0) is 51.5 Å². The van der Waals surface area contributed by atoms with Gasteiger partial charge in [0.1, 0.15) is 11.6 Å². The van der Waals surface area contributed by atoms with Crippen LogP contribution in [0.1, 0.15) is 58.4 Å². The minimum absolute atomic E-state index is 0.0272. The van der Waals surface area contributed by atoms with Crippen LogP contribution in [0, 0.1) is 11.8 Å². The van der Waals surface area contributed by atoms with Crippen molar-refractivity contribution < 1.29 is 24.2 Å². The van der Waals surface area contributed by atoms with E-state index in [4.69, 9.17) is 4.74 Å². The zero-order valence-electron chi connectivity index (χ0n) is 20.4. The molecule has 5 atom stereocenters. The minimum atomic E-state index is -1.000. The summed E-state index contributed by atoms with van der Waals surface area (Å²) in [4.78, 5) is 42.4. The highest BCUT2D eigenvalue weighted by atomic mass is 16.5. The number of ether oxygens (including phenoxy) is 1. The molecular formula is C26H37N3O5. The lowest BCUT2D eigenvalue weighted by atomic mass is 9.65. The number of nitrogens with zero attached hydrogens (tertiary/aromatic N) is 1. The first-order valence-electron chi connectivity index (χ1n) is 12.5. The maximum Gasteiger partial charge on any atom is 0.246 e. The maximum absolute atomic E-state index is 13.8. The Morgan fingerprint density at radius 2 is 1.91 bits per heavy atom. The molecule has 3 aliphatic rings. The molecule has 3 fully saturated rings. The fraction of sp³-hybridized carbons (Fsp3) is 0.654. The van der Waals surface area contributed by atoms with E-state index in [2.05, 4.69) is 10.6 Å². The average molecular weight is 472 g/mol. The Morgan fingerprint density at radius 1 is 1.18 bits per heavy atom. The molecule has 1 aromatic carbocycles.